The molecule has 6 heteroatoms. The summed E-state index contributed by atoms with van der Waals surface area (Å²) in [5.41, 5.74) is 0.484. The molecule has 1 unspecified atom stereocenters. The molecule has 106 valence electrons. The number of carbonyl (C=O) groups is 1. The molecule has 0 aliphatic carbocycles. The van der Waals surface area contributed by atoms with Crippen LogP contribution in [0.25, 0.3) is 0 Å². The monoisotopic (exact) mass is 276 g/mol. The van der Waals surface area contributed by atoms with Crippen LogP contribution in [0, 0.1) is 29.4 Å². The van der Waals surface area contributed by atoms with E-state index in [1.54, 1.807) is 6.92 Å². The van der Waals surface area contributed by atoms with Crippen LogP contribution in [-0.2, 0) is 0 Å². The van der Waals surface area contributed by atoms with Gasteiger partial charge in [0.25, 0.3) is 5.69 Å². The second kappa shape index (κ2) is 6.57. The van der Waals surface area contributed by atoms with Gasteiger partial charge in [-0.15, -0.1) is 12.3 Å². The van der Waals surface area contributed by atoms with Gasteiger partial charge >= 0.3 is 5.97 Å². The molecular formula is C14H16N2O4. The lowest BCUT2D eigenvalue weighted by molar-refractivity contribution is -0.385. The highest BCUT2D eigenvalue weighted by atomic mass is 16.6. The molecule has 0 fully saturated rings. The van der Waals surface area contributed by atoms with Crippen molar-refractivity contribution in [2.24, 2.45) is 0 Å². The number of hydrogen-bond donors (Lipinski definition) is 2. The summed E-state index contributed by atoms with van der Waals surface area (Å²) in [5, 5.41) is 23.1. The highest BCUT2D eigenvalue weighted by molar-refractivity contribution is 5.90. The third-order valence-corrected chi connectivity index (χ3v) is 3.04. The second-order valence-electron chi connectivity index (χ2n) is 4.39. The predicted molar refractivity (Wildman–Crippen MR) is 75.9 cm³/mol. The minimum atomic E-state index is -1.21. The summed E-state index contributed by atoms with van der Waals surface area (Å²) in [6.45, 7) is 3.51. The topological polar surface area (TPSA) is 92.5 Å². The van der Waals surface area contributed by atoms with E-state index in [4.69, 9.17) is 11.5 Å². The van der Waals surface area contributed by atoms with Crippen LogP contribution in [-0.4, -0.2) is 22.0 Å². The van der Waals surface area contributed by atoms with Crippen LogP contribution < -0.4 is 5.32 Å². The van der Waals surface area contributed by atoms with Gasteiger partial charge in [0.2, 0.25) is 0 Å². The van der Waals surface area contributed by atoms with Crippen LogP contribution >= 0.6 is 0 Å². The van der Waals surface area contributed by atoms with Gasteiger partial charge in [0.05, 0.1) is 10.5 Å². The minimum absolute atomic E-state index is 0.0534. The Kier molecular flexibility index (Phi) is 5.09. The van der Waals surface area contributed by atoms with Crippen molar-refractivity contribution >= 4 is 17.3 Å². The van der Waals surface area contributed by atoms with Crippen LogP contribution in [0.5, 0.6) is 0 Å². The third-order valence-electron chi connectivity index (χ3n) is 3.04. The zero-order valence-electron chi connectivity index (χ0n) is 11.3. The molecule has 0 aliphatic heterocycles. The largest absolute Gasteiger partial charge is 0.478 e. The van der Waals surface area contributed by atoms with Crippen molar-refractivity contribution in [3.05, 3.63) is 33.4 Å². The van der Waals surface area contributed by atoms with E-state index in [1.165, 1.54) is 6.07 Å². The van der Waals surface area contributed by atoms with Crippen LogP contribution in [0.15, 0.2) is 12.1 Å². The SMILES string of the molecule is C#CCC(CC)Nc1cc(C(=O)O)cc([N+](=O)[O-])c1C. The number of nitrogens with zero attached hydrogens (tertiary/aromatic N) is 1. The standard InChI is InChI=1S/C14H16N2O4/c1-4-6-11(5-2)15-12-7-10(14(17)18)8-13(9(12)3)16(19)20/h1,7-8,11,15H,5-6H2,2-3H3,(H,17,18). The maximum Gasteiger partial charge on any atom is 0.336 e. The molecule has 0 radical (unpaired) electrons. The minimum Gasteiger partial charge on any atom is -0.478 e. The summed E-state index contributed by atoms with van der Waals surface area (Å²) in [6.07, 6.45) is 6.45. The van der Waals surface area contributed by atoms with Crippen molar-refractivity contribution in [2.45, 2.75) is 32.7 Å². The summed E-state index contributed by atoms with van der Waals surface area (Å²) >= 11 is 0. The Morgan fingerprint density at radius 1 is 1.60 bits per heavy atom. The van der Waals surface area contributed by atoms with Gasteiger partial charge in [0, 0.05) is 29.8 Å². The molecule has 6 nitrogen and oxygen atoms in total. The van der Waals surface area contributed by atoms with E-state index in [9.17, 15) is 14.9 Å². The Morgan fingerprint density at radius 2 is 2.25 bits per heavy atom. The molecule has 0 aromatic heterocycles. The molecule has 0 spiro atoms. The Balaban J connectivity index is 3.27. The summed E-state index contributed by atoms with van der Waals surface area (Å²) in [6, 6.07) is 2.40. The lowest BCUT2D eigenvalue weighted by Gasteiger charge is -2.18. The zero-order valence-corrected chi connectivity index (χ0v) is 11.3. The first-order chi connectivity index (χ1) is 9.40. The quantitative estimate of drug-likeness (QED) is 0.473. The Morgan fingerprint density at radius 3 is 2.70 bits per heavy atom. The van der Waals surface area contributed by atoms with E-state index in [-0.39, 0.29) is 17.3 Å². The highest BCUT2D eigenvalue weighted by Gasteiger charge is 2.20. The van der Waals surface area contributed by atoms with Gasteiger partial charge in [-0.25, -0.2) is 4.79 Å². The maximum absolute atomic E-state index is 11.0. The van der Waals surface area contributed by atoms with Gasteiger partial charge in [-0.2, -0.15) is 0 Å². The number of hydrogen-bond acceptors (Lipinski definition) is 4. The molecule has 1 aromatic rings. The predicted octanol–water partition coefficient (Wildman–Crippen LogP) is 2.82. The van der Waals surface area contributed by atoms with Crippen molar-refractivity contribution < 1.29 is 14.8 Å². The highest BCUT2D eigenvalue weighted by Crippen LogP contribution is 2.28. The molecule has 1 aromatic carbocycles. The van der Waals surface area contributed by atoms with Crippen LogP contribution in [0.4, 0.5) is 11.4 Å². The number of nitro groups is 1. The normalized spacial score (nSPS) is 11.4. The molecule has 2 N–H and O–H groups in total. The number of carboxylic acids is 1. The molecule has 0 amide bonds. The van der Waals surface area contributed by atoms with Crippen LogP contribution in [0.2, 0.25) is 0 Å². The summed E-state index contributed by atoms with van der Waals surface area (Å²) in [7, 11) is 0. The van der Waals surface area contributed by atoms with Gasteiger partial charge in [0.15, 0.2) is 0 Å². The fourth-order valence-corrected chi connectivity index (χ4v) is 1.82. The summed E-state index contributed by atoms with van der Waals surface area (Å²) < 4.78 is 0. The van der Waals surface area contributed by atoms with Crippen molar-refractivity contribution in [1.82, 2.24) is 0 Å². The number of terminal acetylenes is 1. The van der Waals surface area contributed by atoms with Gasteiger partial charge in [-0.3, -0.25) is 10.1 Å². The van der Waals surface area contributed by atoms with Crippen molar-refractivity contribution in [1.29, 1.82) is 0 Å². The average Bonchev–Trinajstić information content (AvgIpc) is 2.39. The molecule has 20 heavy (non-hydrogen) atoms. The molecule has 0 aliphatic rings. The first-order valence-corrected chi connectivity index (χ1v) is 6.13. The van der Waals surface area contributed by atoms with Crippen molar-refractivity contribution in [3.63, 3.8) is 0 Å². The van der Waals surface area contributed by atoms with E-state index in [2.05, 4.69) is 11.2 Å². The van der Waals surface area contributed by atoms with E-state index in [0.717, 1.165) is 12.5 Å². The molecule has 1 rings (SSSR count). The summed E-state index contributed by atoms with van der Waals surface area (Å²) in [4.78, 5) is 21.4. The first-order valence-electron chi connectivity index (χ1n) is 6.13. The van der Waals surface area contributed by atoms with E-state index in [0.29, 0.717) is 17.7 Å². The number of nitro benzene ring substituents is 1. The lowest BCUT2D eigenvalue weighted by Crippen LogP contribution is -2.19. The van der Waals surface area contributed by atoms with Gasteiger partial charge in [-0.1, -0.05) is 6.92 Å². The zero-order chi connectivity index (χ0) is 15.3. The third kappa shape index (κ3) is 3.48. The molecule has 0 heterocycles. The molecular weight excluding hydrogens is 260 g/mol. The Bertz CT molecular complexity index is 575. The van der Waals surface area contributed by atoms with Gasteiger partial charge < -0.3 is 10.4 Å². The number of rotatable bonds is 6. The van der Waals surface area contributed by atoms with Crippen molar-refractivity contribution in [2.75, 3.05) is 5.32 Å². The fraction of sp³-hybridized carbons (Fsp3) is 0.357. The number of aromatic carboxylic acids is 1. The van der Waals surface area contributed by atoms with E-state index < -0.39 is 10.9 Å². The molecule has 0 bridgehead atoms. The van der Waals surface area contributed by atoms with Crippen molar-refractivity contribution in [3.8, 4) is 12.3 Å². The van der Waals surface area contributed by atoms with E-state index in [1.807, 2.05) is 6.92 Å². The Labute approximate surface area is 117 Å². The van der Waals surface area contributed by atoms with Gasteiger partial charge in [0.1, 0.15) is 0 Å². The smallest absolute Gasteiger partial charge is 0.336 e. The molecule has 1 atom stereocenters. The number of benzene rings is 1. The average molecular weight is 276 g/mol. The molecule has 0 saturated carbocycles. The maximum atomic E-state index is 11.0. The van der Waals surface area contributed by atoms with Gasteiger partial charge in [-0.05, 0) is 19.4 Å². The first kappa shape index (κ1) is 15.5. The Hall–Kier alpha value is -2.55. The number of nitrogens with one attached hydrogen (secondary N) is 1. The van der Waals surface area contributed by atoms with Crippen LogP contribution in [0.3, 0.4) is 0 Å². The fourth-order valence-electron chi connectivity index (χ4n) is 1.82. The van der Waals surface area contributed by atoms with E-state index >= 15 is 0 Å². The van der Waals surface area contributed by atoms with Crippen LogP contribution in [0.1, 0.15) is 35.7 Å². The lowest BCUT2D eigenvalue weighted by atomic mass is 10.1. The summed E-state index contributed by atoms with van der Waals surface area (Å²) in [5.74, 6) is 1.31. The number of carboxylic acid groups (broad SMARTS) is 1. The number of anilines is 1. The molecule has 0 saturated heterocycles. The second-order valence-corrected chi connectivity index (χ2v) is 4.39.